The standard InChI is InChI=1S/C53H45N3/c1-34-15-26-47-44(29-34)33-45-32-43(25-27-48(45)47)53(56-54)55-52(39-20-16-36(17-21-39)35-9-4-2-5-10-35)40-22-18-37(19-23-40)41-24-28-50-46(30-41)31-42-13-8-14-49(51(42)50)38-11-6-3-7-12-38/h2-20,22-26,28,30,32,34,39,48H,21,27,29,31,33,54H2,1H3/b55-52+,56-53-. The van der Waals surface area contributed by atoms with Gasteiger partial charge in [0.05, 0.1) is 5.71 Å². The first-order valence-corrected chi connectivity index (χ1v) is 20.1. The van der Waals surface area contributed by atoms with Crippen molar-refractivity contribution < 1.29 is 0 Å². The topological polar surface area (TPSA) is 50.7 Å². The quantitative estimate of drug-likeness (QED) is 0.0791. The van der Waals surface area contributed by atoms with Crippen LogP contribution in [0.4, 0.5) is 0 Å². The molecule has 0 aromatic heterocycles. The van der Waals surface area contributed by atoms with E-state index < -0.39 is 0 Å². The van der Waals surface area contributed by atoms with Crippen molar-refractivity contribution in [1.29, 1.82) is 0 Å². The van der Waals surface area contributed by atoms with E-state index >= 15 is 0 Å². The number of rotatable bonds is 6. The van der Waals surface area contributed by atoms with Gasteiger partial charge in [-0.3, -0.25) is 0 Å². The maximum absolute atomic E-state index is 6.21. The summed E-state index contributed by atoms with van der Waals surface area (Å²) in [5.74, 6) is 7.96. The predicted octanol–water partition coefficient (Wildman–Crippen LogP) is 12.5. The molecule has 10 rings (SSSR count). The van der Waals surface area contributed by atoms with Crippen LogP contribution in [0.1, 0.15) is 54.9 Å². The first-order valence-electron chi connectivity index (χ1n) is 20.1. The van der Waals surface area contributed by atoms with Crippen LogP contribution in [-0.4, -0.2) is 11.5 Å². The molecule has 0 saturated carbocycles. The van der Waals surface area contributed by atoms with Crippen molar-refractivity contribution in [3.05, 3.63) is 208 Å². The lowest BCUT2D eigenvalue weighted by Crippen LogP contribution is -2.19. The van der Waals surface area contributed by atoms with Crippen LogP contribution in [0.25, 0.3) is 39.0 Å². The van der Waals surface area contributed by atoms with Gasteiger partial charge >= 0.3 is 0 Å². The van der Waals surface area contributed by atoms with Gasteiger partial charge in [0.15, 0.2) is 5.84 Å². The van der Waals surface area contributed by atoms with Gasteiger partial charge < -0.3 is 5.84 Å². The molecule has 0 amide bonds. The van der Waals surface area contributed by atoms with E-state index in [2.05, 4.69) is 176 Å². The second-order valence-electron chi connectivity index (χ2n) is 16.0. The highest BCUT2D eigenvalue weighted by Crippen LogP contribution is 2.47. The van der Waals surface area contributed by atoms with Gasteiger partial charge in [-0.1, -0.05) is 182 Å². The minimum Gasteiger partial charge on any atom is -0.321 e. The first kappa shape index (κ1) is 34.2. The van der Waals surface area contributed by atoms with Crippen LogP contribution >= 0.6 is 0 Å². The molecule has 5 aliphatic rings. The summed E-state index contributed by atoms with van der Waals surface area (Å²) < 4.78 is 0. The molecular formula is C53H45N3. The first-order chi connectivity index (χ1) is 27.6. The fourth-order valence-electron chi connectivity index (χ4n) is 9.59. The molecule has 3 nitrogen and oxygen atoms in total. The highest BCUT2D eigenvalue weighted by molar-refractivity contribution is 6.15. The highest BCUT2D eigenvalue weighted by atomic mass is 15.2. The van der Waals surface area contributed by atoms with Crippen molar-refractivity contribution >= 4 is 17.1 Å². The van der Waals surface area contributed by atoms with E-state index in [0.29, 0.717) is 17.7 Å². The van der Waals surface area contributed by atoms with Crippen molar-refractivity contribution in [3.63, 3.8) is 0 Å². The molecule has 5 aliphatic carbocycles. The Morgan fingerprint density at radius 2 is 1.45 bits per heavy atom. The fourth-order valence-corrected chi connectivity index (χ4v) is 9.59. The molecule has 5 aromatic carbocycles. The number of fused-ring (bicyclic) bond motifs is 5. The van der Waals surface area contributed by atoms with Gasteiger partial charge in [-0.2, -0.15) is 5.10 Å². The summed E-state index contributed by atoms with van der Waals surface area (Å²) in [6, 6.07) is 44.0. The maximum atomic E-state index is 6.21. The van der Waals surface area contributed by atoms with Gasteiger partial charge in [-0.05, 0) is 105 Å². The van der Waals surface area contributed by atoms with Crippen molar-refractivity contribution in [2.45, 2.75) is 39.0 Å². The summed E-state index contributed by atoms with van der Waals surface area (Å²) in [5, 5.41) is 4.34. The molecule has 0 heterocycles. The van der Waals surface area contributed by atoms with Gasteiger partial charge in [-0.25, -0.2) is 4.99 Å². The Bertz CT molecular complexity index is 2610. The third-order valence-electron chi connectivity index (χ3n) is 12.4. The van der Waals surface area contributed by atoms with Crippen molar-refractivity contribution in [3.8, 4) is 33.4 Å². The lowest BCUT2D eigenvalue weighted by atomic mass is 9.84. The zero-order valence-corrected chi connectivity index (χ0v) is 31.8. The number of hydrogen-bond donors (Lipinski definition) is 1. The molecule has 2 N–H and O–H groups in total. The summed E-state index contributed by atoms with van der Waals surface area (Å²) >= 11 is 0. The Labute approximate surface area is 330 Å². The zero-order valence-electron chi connectivity index (χ0n) is 31.8. The molecule has 0 aliphatic heterocycles. The molecule has 272 valence electrons. The number of hydrazone groups is 1. The van der Waals surface area contributed by atoms with Crippen molar-refractivity contribution in [1.82, 2.24) is 0 Å². The summed E-state index contributed by atoms with van der Waals surface area (Å²) in [7, 11) is 0. The lowest BCUT2D eigenvalue weighted by Gasteiger charge is -2.22. The maximum Gasteiger partial charge on any atom is 0.178 e. The molecule has 3 atom stereocenters. The van der Waals surface area contributed by atoms with Gasteiger partial charge in [-0.15, -0.1) is 0 Å². The van der Waals surface area contributed by atoms with Gasteiger partial charge in [0, 0.05) is 17.4 Å². The number of hydrogen-bond acceptors (Lipinski definition) is 2. The Morgan fingerprint density at radius 1 is 0.661 bits per heavy atom. The molecule has 0 radical (unpaired) electrons. The molecule has 0 spiro atoms. The van der Waals surface area contributed by atoms with Crippen LogP contribution in [0.5, 0.6) is 0 Å². The van der Waals surface area contributed by atoms with Gasteiger partial charge in [0.25, 0.3) is 0 Å². The number of aliphatic imine (C=N–C) groups is 1. The van der Waals surface area contributed by atoms with Crippen LogP contribution < -0.4 is 5.84 Å². The molecule has 3 heteroatoms. The highest BCUT2D eigenvalue weighted by Gasteiger charge is 2.33. The smallest absolute Gasteiger partial charge is 0.178 e. The SMILES string of the molecule is CC1C=CC2=C(CC3=CC(C(=N/N)/N=C(/c4ccc(-c5ccc6c(c5)Cc5cccc(-c7ccccc7)c5-6)cc4)C4C=CC(c5ccccc5)=CC4)=CCC32)C1. The van der Waals surface area contributed by atoms with Crippen LogP contribution in [0.2, 0.25) is 0 Å². The summed E-state index contributed by atoms with van der Waals surface area (Å²) in [6.45, 7) is 2.31. The third-order valence-corrected chi connectivity index (χ3v) is 12.4. The predicted molar refractivity (Wildman–Crippen MR) is 234 cm³/mol. The Morgan fingerprint density at radius 3 is 2.21 bits per heavy atom. The summed E-state index contributed by atoms with van der Waals surface area (Å²) in [5.41, 5.74) is 20.6. The molecular weight excluding hydrogens is 679 g/mol. The molecule has 0 saturated heterocycles. The number of amidine groups is 1. The summed E-state index contributed by atoms with van der Waals surface area (Å²) in [6.07, 6.45) is 21.2. The van der Waals surface area contributed by atoms with Gasteiger partial charge in [0.2, 0.25) is 0 Å². The number of benzene rings is 5. The van der Waals surface area contributed by atoms with E-state index in [0.717, 1.165) is 49.0 Å². The second kappa shape index (κ2) is 14.4. The Kier molecular flexibility index (Phi) is 8.79. The monoisotopic (exact) mass is 723 g/mol. The lowest BCUT2D eigenvalue weighted by molar-refractivity contribution is 0.690. The van der Waals surface area contributed by atoms with E-state index in [4.69, 9.17) is 10.8 Å². The van der Waals surface area contributed by atoms with Crippen LogP contribution in [0.15, 0.2) is 196 Å². The number of nitrogens with two attached hydrogens (primary N) is 1. The number of allylic oxidation sites excluding steroid dienone is 10. The van der Waals surface area contributed by atoms with E-state index in [-0.39, 0.29) is 5.92 Å². The molecule has 3 unspecified atom stereocenters. The van der Waals surface area contributed by atoms with E-state index in [9.17, 15) is 0 Å². The van der Waals surface area contributed by atoms with Crippen LogP contribution in [-0.2, 0) is 6.42 Å². The Balaban J connectivity index is 0.961. The molecule has 5 aromatic rings. The molecule has 0 bridgehead atoms. The van der Waals surface area contributed by atoms with E-state index in [1.807, 2.05) is 0 Å². The largest absolute Gasteiger partial charge is 0.321 e. The number of nitrogens with zero attached hydrogens (tertiary/aromatic N) is 2. The van der Waals surface area contributed by atoms with Crippen LogP contribution in [0, 0.1) is 17.8 Å². The van der Waals surface area contributed by atoms with Crippen LogP contribution in [0.3, 0.4) is 0 Å². The second-order valence-corrected chi connectivity index (χ2v) is 16.0. The Hall–Kier alpha value is -6.32. The third kappa shape index (κ3) is 6.27. The van der Waals surface area contributed by atoms with E-state index in [1.54, 1.807) is 5.57 Å². The van der Waals surface area contributed by atoms with E-state index in [1.165, 1.54) is 66.8 Å². The average molecular weight is 724 g/mol. The molecule has 0 fully saturated rings. The van der Waals surface area contributed by atoms with Crippen molar-refractivity contribution in [2.24, 2.45) is 33.7 Å². The molecule has 56 heavy (non-hydrogen) atoms. The fraction of sp³-hybridized carbons (Fsp3) is 0.170. The normalized spacial score (nSPS) is 21.2. The average Bonchev–Trinajstić information content (AvgIpc) is 3.82. The van der Waals surface area contributed by atoms with Crippen molar-refractivity contribution in [2.75, 3.05) is 0 Å². The minimum absolute atomic E-state index is 0.0825. The summed E-state index contributed by atoms with van der Waals surface area (Å²) in [4.78, 5) is 5.35. The zero-order chi connectivity index (χ0) is 37.6. The minimum atomic E-state index is 0.0825. The van der Waals surface area contributed by atoms with Gasteiger partial charge in [0.1, 0.15) is 0 Å².